The second-order valence-corrected chi connectivity index (χ2v) is 3.97. The van der Waals surface area contributed by atoms with Crippen LogP contribution in [0, 0.1) is 0 Å². The lowest BCUT2D eigenvalue weighted by molar-refractivity contribution is 1.03. The van der Waals surface area contributed by atoms with Crippen molar-refractivity contribution in [2.75, 3.05) is 0 Å². The van der Waals surface area contributed by atoms with E-state index < -0.39 is 0 Å². The van der Waals surface area contributed by atoms with Crippen LogP contribution in [0.3, 0.4) is 0 Å². The van der Waals surface area contributed by atoms with Crippen LogP contribution in [0.4, 0.5) is 0 Å². The van der Waals surface area contributed by atoms with Gasteiger partial charge in [0.25, 0.3) is 0 Å². The first-order chi connectivity index (χ1) is 6.68. The zero-order valence-electron chi connectivity index (χ0n) is 7.40. The number of hydrogen-bond acceptors (Lipinski definition) is 2. The van der Waals surface area contributed by atoms with Crippen LogP contribution in [0.5, 0.6) is 0 Å². The SMILES string of the molecule is NC(=S)N/N=C/Cc1ccc(Br)cc1. The quantitative estimate of drug-likeness (QED) is 0.501. The lowest BCUT2D eigenvalue weighted by Crippen LogP contribution is -2.24. The predicted octanol–water partition coefficient (Wildman–Crippen LogP) is 1.81. The van der Waals surface area contributed by atoms with Gasteiger partial charge in [0, 0.05) is 17.1 Å². The second kappa shape index (κ2) is 5.72. The van der Waals surface area contributed by atoms with E-state index in [1.807, 2.05) is 24.3 Å². The van der Waals surface area contributed by atoms with E-state index in [0.717, 1.165) is 10.9 Å². The lowest BCUT2D eigenvalue weighted by atomic mass is 10.2. The Labute approximate surface area is 96.5 Å². The standard InChI is InChI=1S/C9H10BrN3S/c10-8-3-1-7(2-4-8)5-6-12-13-9(11)14/h1-4,6H,5H2,(H3,11,13,14)/b12-6+. The van der Waals surface area contributed by atoms with Crippen LogP contribution < -0.4 is 11.2 Å². The summed E-state index contributed by atoms with van der Waals surface area (Å²) in [5, 5.41) is 4.01. The molecule has 0 amide bonds. The third-order valence-corrected chi connectivity index (χ3v) is 2.13. The highest BCUT2D eigenvalue weighted by Gasteiger charge is 1.89. The van der Waals surface area contributed by atoms with E-state index in [-0.39, 0.29) is 5.11 Å². The summed E-state index contributed by atoms with van der Waals surface area (Å²) in [5.41, 5.74) is 8.87. The number of hydrogen-bond donors (Lipinski definition) is 2. The van der Waals surface area contributed by atoms with Crippen molar-refractivity contribution in [1.82, 2.24) is 5.43 Å². The zero-order valence-corrected chi connectivity index (χ0v) is 9.81. The number of nitrogens with two attached hydrogens (primary N) is 1. The average Bonchev–Trinajstić information content (AvgIpc) is 2.15. The number of thiocarbonyl (C=S) groups is 1. The van der Waals surface area contributed by atoms with Crippen molar-refractivity contribution in [3.05, 3.63) is 34.3 Å². The molecule has 74 valence electrons. The molecular weight excluding hydrogens is 262 g/mol. The van der Waals surface area contributed by atoms with E-state index in [2.05, 4.69) is 38.7 Å². The molecule has 1 aromatic rings. The Kier molecular flexibility index (Phi) is 4.55. The van der Waals surface area contributed by atoms with Crippen molar-refractivity contribution >= 4 is 39.5 Å². The van der Waals surface area contributed by atoms with Crippen molar-refractivity contribution in [3.8, 4) is 0 Å². The normalized spacial score (nSPS) is 10.4. The lowest BCUT2D eigenvalue weighted by Gasteiger charge is -1.96. The Balaban J connectivity index is 2.42. The molecule has 14 heavy (non-hydrogen) atoms. The minimum absolute atomic E-state index is 0.178. The summed E-state index contributed by atoms with van der Waals surface area (Å²) in [6, 6.07) is 8.03. The van der Waals surface area contributed by atoms with E-state index >= 15 is 0 Å². The minimum Gasteiger partial charge on any atom is -0.375 e. The molecule has 0 aliphatic heterocycles. The highest BCUT2D eigenvalue weighted by molar-refractivity contribution is 9.10. The fourth-order valence-electron chi connectivity index (χ4n) is 0.881. The van der Waals surface area contributed by atoms with Crippen molar-refractivity contribution in [2.45, 2.75) is 6.42 Å². The maximum absolute atomic E-state index is 5.19. The molecule has 0 heterocycles. The van der Waals surface area contributed by atoms with Gasteiger partial charge in [0.2, 0.25) is 0 Å². The third kappa shape index (κ3) is 4.34. The van der Waals surface area contributed by atoms with Crippen molar-refractivity contribution < 1.29 is 0 Å². The van der Waals surface area contributed by atoms with Gasteiger partial charge in [0.15, 0.2) is 5.11 Å². The Morgan fingerprint density at radius 3 is 2.71 bits per heavy atom. The van der Waals surface area contributed by atoms with Gasteiger partial charge in [-0.1, -0.05) is 28.1 Å². The molecular formula is C9H10BrN3S. The van der Waals surface area contributed by atoms with E-state index in [1.165, 1.54) is 5.56 Å². The number of nitrogens with one attached hydrogen (secondary N) is 1. The summed E-state index contributed by atoms with van der Waals surface area (Å²) in [7, 11) is 0. The molecule has 5 heteroatoms. The molecule has 0 spiro atoms. The largest absolute Gasteiger partial charge is 0.375 e. The molecule has 0 saturated carbocycles. The average molecular weight is 272 g/mol. The van der Waals surface area contributed by atoms with Gasteiger partial charge in [0.1, 0.15) is 0 Å². The summed E-state index contributed by atoms with van der Waals surface area (Å²) in [6.07, 6.45) is 2.48. The first-order valence-electron chi connectivity index (χ1n) is 4.00. The van der Waals surface area contributed by atoms with Crippen LogP contribution in [-0.4, -0.2) is 11.3 Å². The Morgan fingerprint density at radius 2 is 2.14 bits per heavy atom. The van der Waals surface area contributed by atoms with Crippen LogP contribution in [0.2, 0.25) is 0 Å². The number of nitrogens with zero attached hydrogens (tertiary/aromatic N) is 1. The van der Waals surface area contributed by atoms with E-state index in [1.54, 1.807) is 6.21 Å². The van der Waals surface area contributed by atoms with Crippen LogP contribution in [-0.2, 0) is 6.42 Å². The molecule has 0 radical (unpaired) electrons. The predicted molar refractivity (Wildman–Crippen MR) is 66.3 cm³/mol. The maximum atomic E-state index is 5.19. The molecule has 0 aliphatic rings. The molecule has 0 unspecified atom stereocenters. The Hall–Kier alpha value is -0.940. The van der Waals surface area contributed by atoms with Crippen LogP contribution in [0.15, 0.2) is 33.8 Å². The fraction of sp³-hybridized carbons (Fsp3) is 0.111. The molecule has 0 fully saturated rings. The van der Waals surface area contributed by atoms with E-state index in [4.69, 9.17) is 5.73 Å². The van der Waals surface area contributed by atoms with Crippen LogP contribution in [0.1, 0.15) is 5.56 Å². The van der Waals surface area contributed by atoms with E-state index in [0.29, 0.717) is 0 Å². The monoisotopic (exact) mass is 271 g/mol. The molecule has 1 rings (SSSR count). The number of rotatable bonds is 3. The molecule has 0 aliphatic carbocycles. The smallest absolute Gasteiger partial charge is 0.184 e. The van der Waals surface area contributed by atoms with Gasteiger partial charge in [-0.2, -0.15) is 5.10 Å². The van der Waals surface area contributed by atoms with Gasteiger partial charge in [-0.15, -0.1) is 0 Å². The topological polar surface area (TPSA) is 50.4 Å². The fourth-order valence-corrected chi connectivity index (χ4v) is 1.20. The van der Waals surface area contributed by atoms with Crippen LogP contribution in [0.25, 0.3) is 0 Å². The molecule has 0 aromatic heterocycles. The van der Waals surface area contributed by atoms with Gasteiger partial charge in [-0.3, -0.25) is 5.43 Å². The summed E-state index contributed by atoms with van der Waals surface area (Å²) >= 11 is 7.96. The number of halogens is 1. The van der Waals surface area contributed by atoms with E-state index in [9.17, 15) is 0 Å². The van der Waals surface area contributed by atoms with Gasteiger partial charge in [-0.25, -0.2) is 0 Å². The summed E-state index contributed by atoms with van der Waals surface area (Å²) in [5.74, 6) is 0. The summed E-state index contributed by atoms with van der Waals surface area (Å²) in [4.78, 5) is 0. The highest BCUT2D eigenvalue weighted by atomic mass is 79.9. The van der Waals surface area contributed by atoms with Gasteiger partial charge in [0.05, 0.1) is 0 Å². The van der Waals surface area contributed by atoms with Gasteiger partial charge < -0.3 is 5.73 Å². The minimum atomic E-state index is 0.178. The van der Waals surface area contributed by atoms with Gasteiger partial charge in [-0.05, 0) is 29.9 Å². The van der Waals surface area contributed by atoms with Crippen molar-refractivity contribution in [3.63, 3.8) is 0 Å². The van der Waals surface area contributed by atoms with Crippen LogP contribution >= 0.6 is 28.1 Å². The molecule has 0 atom stereocenters. The van der Waals surface area contributed by atoms with Crippen molar-refractivity contribution in [1.29, 1.82) is 0 Å². The first-order valence-corrected chi connectivity index (χ1v) is 5.20. The third-order valence-electron chi connectivity index (χ3n) is 1.51. The Morgan fingerprint density at radius 1 is 1.50 bits per heavy atom. The van der Waals surface area contributed by atoms with Crippen molar-refractivity contribution in [2.24, 2.45) is 10.8 Å². The first kappa shape index (κ1) is 11.1. The Bertz CT molecular complexity index is 334. The summed E-state index contributed by atoms with van der Waals surface area (Å²) in [6.45, 7) is 0. The van der Waals surface area contributed by atoms with Gasteiger partial charge >= 0.3 is 0 Å². The zero-order chi connectivity index (χ0) is 10.4. The molecule has 1 aromatic carbocycles. The molecule has 3 nitrogen and oxygen atoms in total. The molecule has 0 saturated heterocycles. The highest BCUT2D eigenvalue weighted by Crippen LogP contribution is 2.10. The second-order valence-electron chi connectivity index (χ2n) is 2.62. The molecule has 0 bridgehead atoms. The number of hydrazone groups is 1. The summed E-state index contributed by atoms with van der Waals surface area (Å²) < 4.78 is 1.07. The maximum Gasteiger partial charge on any atom is 0.184 e. The molecule has 3 N–H and O–H groups in total. The number of benzene rings is 1.